The number of amides is 1. The lowest BCUT2D eigenvalue weighted by atomic mass is 9.98. The van der Waals surface area contributed by atoms with E-state index in [-0.39, 0.29) is 24.6 Å². The summed E-state index contributed by atoms with van der Waals surface area (Å²) in [5.41, 5.74) is 2.64. The number of H-pyrrole nitrogens is 1. The first-order valence-electron chi connectivity index (χ1n) is 9.98. The second-order valence-corrected chi connectivity index (χ2v) is 7.98. The maximum atomic E-state index is 12.7. The summed E-state index contributed by atoms with van der Waals surface area (Å²) in [5, 5.41) is 0.961. The van der Waals surface area contributed by atoms with Gasteiger partial charge in [-0.15, -0.1) is 0 Å². The third-order valence-corrected chi connectivity index (χ3v) is 5.25. The topological polar surface area (TPSA) is 75.3 Å². The lowest BCUT2D eigenvalue weighted by Gasteiger charge is -2.21. The molecule has 7 heteroatoms. The molecular formula is C23H26ClN3O3. The van der Waals surface area contributed by atoms with Crippen LogP contribution in [0.1, 0.15) is 43.6 Å². The highest BCUT2D eigenvalue weighted by Gasteiger charge is 2.16. The van der Waals surface area contributed by atoms with Gasteiger partial charge >= 0.3 is 0 Å². The van der Waals surface area contributed by atoms with Gasteiger partial charge in [-0.25, -0.2) is 4.98 Å². The van der Waals surface area contributed by atoms with E-state index in [1.54, 1.807) is 23.1 Å². The van der Waals surface area contributed by atoms with E-state index in [0.717, 1.165) is 5.56 Å². The predicted molar refractivity (Wildman–Crippen MR) is 119 cm³/mol. The highest BCUT2D eigenvalue weighted by atomic mass is 35.5. The number of ether oxygens (including phenoxy) is 1. The molecule has 0 radical (unpaired) electrons. The van der Waals surface area contributed by atoms with Gasteiger partial charge in [-0.3, -0.25) is 9.59 Å². The van der Waals surface area contributed by atoms with E-state index in [0.29, 0.717) is 40.0 Å². The standard InChI is InChI=1S/C23H26ClN3O3/c1-5-27(12-21-25-20-11-16(24)6-8-19(20)23(29)26-21)22(28)13-30-17-7-9-18(14(2)3)15(4)10-17/h6-11,14H,5,12-13H2,1-4H3,(H,25,26,29). The van der Waals surface area contributed by atoms with Crippen LogP contribution in [0.15, 0.2) is 41.2 Å². The first-order chi connectivity index (χ1) is 14.3. The number of benzene rings is 2. The molecule has 0 spiro atoms. The number of fused-ring (bicyclic) bond motifs is 1. The SMILES string of the molecule is CCN(Cc1nc2cc(Cl)ccc2c(=O)[nH]1)C(=O)COc1ccc(C(C)C)c(C)c1. The quantitative estimate of drug-likeness (QED) is 0.605. The van der Waals surface area contributed by atoms with Gasteiger partial charge in [0.1, 0.15) is 11.6 Å². The lowest BCUT2D eigenvalue weighted by molar-refractivity contribution is -0.133. The van der Waals surface area contributed by atoms with Crippen LogP contribution in [0, 0.1) is 6.92 Å². The molecule has 0 fully saturated rings. The van der Waals surface area contributed by atoms with Crippen molar-refractivity contribution in [2.75, 3.05) is 13.2 Å². The number of hydrogen-bond donors (Lipinski definition) is 1. The first kappa shape index (κ1) is 21.8. The van der Waals surface area contributed by atoms with Crippen LogP contribution in [0.3, 0.4) is 0 Å². The van der Waals surface area contributed by atoms with Crippen LogP contribution in [0.5, 0.6) is 5.75 Å². The molecule has 0 atom stereocenters. The van der Waals surface area contributed by atoms with Crippen molar-refractivity contribution in [3.8, 4) is 5.75 Å². The Morgan fingerprint density at radius 1 is 1.23 bits per heavy atom. The Hall–Kier alpha value is -2.86. The van der Waals surface area contributed by atoms with Crippen LogP contribution < -0.4 is 10.3 Å². The number of aryl methyl sites for hydroxylation is 1. The molecule has 0 saturated carbocycles. The molecule has 1 aromatic heterocycles. The van der Waals surface area contributed by atoms with Gasteiger partial charge in [0.25, 0.3) is 11.5 Å². The van der Waals surface area contributed by atoms with Gasteiger partial charge in [-0.1, -0.05) is 31.5 Å². The molecule has 3 rings (SSSR count). The smallest absolute Gasteiger partial charge is 0.260 e. The summed E-state index contributed by atoms with van der Waals surface area (Å²) in [6, 6.07) is 10.8. The van der Waals surface area contributed by atoms with E-state index in [1.165, 1.54) is 5.56 Å². The maximum Gasteiger partial charge on any atom is 0.260 e. The Kier molecular flexibility index (Phi) is 6.77. The fraction of sp³-hybridized carbons (Fsp3) is 0.348. The molecule has 0 aliphatic rings. The van der Waals surface area contributed by atoms with E-state index >= 15 is 0 Å². The zero-order valence-corrected chi connectivity index (χ0v) is 18.4. The Morgan fingerprint density at radius 2 is 2.00 bits per heavy atom. The number of aromatic nitrogens is 2. The van der Waals surface area contributed by atoms with Crippen molar-refractivity contribution in [3.05, 3.63) is 68.7 Å². The van der Waals surface area contributed by atoms with Gasteiger partial charge in [0.15, 0.2) is 6.61 Å². The van der Waals surface area contributed by atoms with Crippen molar-refractivity contribution in [1.82, 2.24) is 14.9 Å². The zero-order chi connectivity index (χ0) is 21.8. The fourth-order valence-electron chi connectivity index (χ4n) is 3.42. The Balaban J connectivity index is 1.70. The minimum Gasteiger partial charge on any atom is -0.484 e. The second-order valence-electron chi connectivity index (χ2n) is 7.54. The van der Waals surface area contributed by atoms with E-state index in [4.69, 9.17) is 16.3 Å². The van der Waals surface area contributed by atoms with Gasteiger partial charge in [0, 0.05) is 11.6 Å². The molecule has 1 N–H and O–H groups in total. The van der Waals surface area contributed by atoms with Crippen molar-refractivity contribution in [3.63, 3.8) is 0 Å². The molecule has 2 aromatic carbocycles. The highest BCUT2D eigenvalue weighted by Crippen LogP contribution is 2.23. The van der Waals surface area contributed by atoms with Crippen LogP contribution in [-0.4, -0.2) is 33.9 Å². The number of carbonyl (C=O) groups excluding carboxylic acids is 1. The number of halogens is 1. The molecule has 0 aliphatic heterocycles. The summed E-state index contributed by atoms with van der Waals surface area (Å²) < 4.78 is 5.71. The number of hydrogen-bond acceptors (Lipinski definition) is 4. The molecule has 0 bridgehead atoms. The Bertz CT molecular complexity index is 1120. The van der Waals surface area contributed by atoms with Gasteiger partial charge in [0.2, 0.25) is 0 Å². The average molecular weight is 428 g/mol. The monoisotopic (exact) mass is 427 g/mol. The summed E-state index contributed by atoms with van der Waals surface area (Å²) in [7, 11) is 0. The molecule has 0 unspecified atom stereocenters. The molecular weight excluding hydrogens is 402 g/mol. The first-order valence-corrected chi connectivity index (χ1v) is 10.4. The van der Waals surface area contributed by atoms with E-state index < -0.39 is 0 Å². The zero-order valence-electron chi connectivity index (χ0n) is 17.7. The minimum absolute atomic E-state index is 0.0854. The van der Waals surface area contributed by atoms with Crippen LogP contribution in [0.4, 0.5) is 0 Å². The van der Waals surface area contributed by atoms with Gasteiger partial charge in [-0.05, 0) is 61.2 Å². The fourth-order valence-corrected chi connectivity index (χ4v) is 3.58. The molecule has 30 heavy (non-hydrogen) atoms. The number of likely N-dealkylation sites (N-methyl/N-ethyl adjacent to an activating group) is 1. The van der Waals surface area contributed by atoms with Crippen molar-refractivity contribution in [1.29, 1.82) is 0 Å². The summed E-state index contributed by atoms with van der Waals surface area (Å²) in [6.45, 7) is 8.76. The number of carbonyl (C=O) groups is 1. The van der Waals surface area contributed by atoms with Crippen molar-refractivity contribution in [2.24, 2.45) is 0 Å². The van der Waals surface area contributed by atoms with Crippen molar-refractivity contribution >= 4 is 28.4 Å². The van der Waals surface area contributed by atoms with Gasteiger partial charge < -0.3 is 14.6 Å². The third kappa shape index (κ3) is 5.00. The second kappa shape index (κ2) is 9.30. The minimum atomic E-state index is -0.257. The molecule has 1 amide bonds. The molecule has 0 saturated heterocycles. The molecule has 0 aliphatic carbocycles. The highest BCUT2D eigenvalue weighted by molar-refractivity contribution is 6.31. The van der Waals surface area contributed by atoms with E-state index in [9.17, 15) is 9.59 Å². The number of rotatable bonds is 7. The predicted octanol–water partition coefficient (Wildman–Crippen LogP) is 4.44. The average Bonchev–Trinajstić information content (AvgIpc) is 2.69. The molecule has 3 aromatic rings. The van der Waals surface area contributed by atoms with Crippen LogP contribution in [-0.2, 0) is 11.3 Å². The normalized spacial score (nSPS) is 11.1. The lowest BCUT2D eigenvalue weighted by Crippen LogP contribution is -2.35. The summed E-state index contributed by atoms with van der Waals surface area (Å²) in [4.78, 5) is 33.8. The van der Waals surface area contributed by atoms with Gasteiger partial charge in [-0.2, -0.15) is 0 Å². The summed E-state index contributed by atoms with van der Waals surface area (Å²) in [6.07, 6.45) is 0. The van der Waals surface area contributed by atoms with Crippen molar-refractivity contribution in [2.45, 2.75) is 40.2 Å². The summed E-state index contributed by atoms with van der Waals surface area (Å²) >= 11 is 6.01. The number of nitrogens with one attached hydrogen (secondary N) is 1. The number of aromatic amines is 1. The van der Waals surface area contributed by atoms with Crippen LogP contribution in [0.25, 0.3) is 10.9 Å². The van der Waals surface area contributed by atoms with E-state index in [1.807, 2.05) is 32.0 Å². The molecule has 158 valence electrons. The Labute approximate surface area is 180 Å². The molecule has 1 heterocycles. The number of nitrogens with zero attached hydrogens (tertiary/aromatic N) is 2. The largest absolute Gasteiger partial charge is 0.484 e. The van der Waals surface area contributed by atoms with Gasteiger partial charge in [0.05, 0.1) is 17.4 Å². The summed E-state index contributed by atoms with van der Waals surface area (Å²) in [5.74, 6) is 1.31. The van der Waals surface area contributed by atoms with Crippen molar-refractivity contribution < 1.29 is 9.53 Å². The Morgan fingerprint density at radius 3 is 2.67 bits per heavy atom. The molecule has 6 nitrogen and oxygen atoms in total. The third-order valence-electron chi connectivity index (χ3n) is 5.02. The maximum absolute atomic E-state index is 12.7. The van der Waals surface area contributed by atoms with Crippen LogP contribution >= 0.6 is 11.6 Å². The van der Waals surface area contributed by atoms with E-state index in [2.05, 4.69) is 23.8 Å². The van der Waals surface area contributed by atoms with Crippen LogP contribution in [0.2, 0.25) is 5.02 Å².